The molecule has 1 aromatic heterocycles. The summed E-state index contributed by atoms with van der Waals surface area (Å²) in [6, 6.07) is 6.96. The smallest absolute Gasteiger partial charge is 0.0482 e. The summed E-state index contributed by atoms with van der Waals surface area (Å²) >= 11 is 0. The molecule has 0 spiro atoms. The molecule has 1 saturated heterocycles. The van der Waals surface area contributed by atoms with E-state index in [1.807, 2.05) is 0 Å². The molecule has 3 heteroatoms. The van der Waals surface area contributed by atoms with E-state index in [0.29, 0.717) is 0 Å². The molecule has 0 aliphatic carbocycles. The lowest BCUT2D eigenvalue weighted by Crippen LogP contribution is -2.44. The highest BCUT2D eigenvalue weighted by Gasteiger charge is 2.11. The summed E-state index contributed by atoms with van der Waals surface area (Å²) in [5.74, 6) is 0. The second-order valence-corrected chi connectivity index (χ2v) is 5.96. The van der Waals surface area contributed by atoms with E-state index in [-0.39, 0.29) is 0 Å². The molecule has 3 rings (SSSR count). The first kappa shape index (κ1) is 13.7. The lowest BCUT2D eigenvalue weighted by molar-refractivity contribution is 0.244. The highest BCUT2D eigenvalue weighted by atomic mass is 15.2. The van der Waals surface area contributed by atoms with Gasteiger partial charge >= 0.3 is 0 Å². The number of piperazine rings is 1. The number of hydrogen-bond donors (Lipinski definition) is 1. The van der Waals surface area contributed by atoms with Crippen LogP contribution in [0.25, 0.3) is 10.9 Å². The molecule has 1 aliphatic rings. The van der Waals surface area contributed by atoms with Crippen LogP contribution in [-0.2, 0) is 13.5 Å². The van der Waals surface area contributed by atoms with E-state index in [9.17, 15) is 0 Å². The highest BCUT2D eigenvalue weighted by molar-refractivity contribution is 5.85. The summed E-state index contributed by atoms with van der Waals surface area (Å²) in [4.78, 5) is 2.56. The fraction of sp³-hybridized carbons (Fsp3) is 0.529. The van der Waals surface area contributed by atoms with Gasteiger partial charge in [-0.2, -0.15) is 0 Å². The molecule has 0 radical (unpaired) electrons. The molecular weight excluding hydrogens is 246 g/mol. The van der Waals surface area contributed by atoms with E-state index in [2.05, 4.69) is 53.9 Å². The van der Waals surface area contributed by atoms with E-state index >= 15 is 0 Å². The fourth-order valence-corrected chi connectivity index (χ4v) is 3.18. The Balaban J connectivity index is 1.77. The lowest BCUT2D eigenvalue weighted by Gasteiger charge is -2.27. The molecule has 1 aliphatic heterocycles. The summed E-state index contributed by atoms with van der Waals surface area (Å²) in [6.45, 7) is 10.3. The van der Waals surface area contributed by atoms with Crippen molar-refractivity contribution in [1.29, 1.82) is 0 Å². The second kappa shape index (κ2) is 5.58. The van der Waals surface area contributed by atoms with Gasteiger partial charge < -0.3 is 14.8 Å². The number of hydrogen-bond acceptors (Lipinski definition) is 2. The Morgan fingerprint density at radius 3 is 2.65 bits per heavy atom. The van der Waals surface area contributed by atoms with Crippen LogP contribution < -0.4 is 5.32 Å². The zero-order valence-corrected chi connectivity index (χ0v) is 12.9. The van der Waals surface area contributed by atoms with Gasteiger partial charge in [-0.15, -0.1) is 0 Å². The van der Waals surface area contributed by atoms with Crippen LogP contribution in [0.4, 0.5) is 0 Å². The molecule has 2 aromatic rings. The predicted molar refractivity (Wildman–Crippen MR) is 85.4 cm³/mol. The van der Waals surface area contributed by atoms with Gasteiger partial charge in [0, 0.05) is 56.4 Å². The van der Waals surface area contributed by atoms with Crippen molar-refractivity contribution in [2.45, 2.75) is 20.3 Å². The van der Waals surface area contributed by atoms with Crippen LogP contribution in [0.15, 0.2) is 18.2 Å². The van der Waals surface area contributed by atoms with E-state index < -0.39 is 0 Å². The Morgan fingerprint density at radius 1 is 1.15 bits per heavy atom. The van der Waals surface area contributed by atoms with E-state index in [1.54, 1.807) is 0 Å². The molecule has 0 atom stereocenters. The Morgan fingerprint density at radius 2 is 1.90 bits per heavy atom. The van der Waals surface area contributed by atoms with Gasteiger partial charge in [-0.25, -0.2) is 0 Å². The number of nitrogens with one attached hydrogen (secondary N) is 1. The first-order chi connectivity index (χ1) is 9.66. The summed E-state index contributed by atoms with van der Waals surface area (Å²) in [6.07, 6.45) is 1.16. The average molecular weight is 271 g/mol. The fourth-order valence-electron chi connectivity index (χ4n) is 3.18. The molecule has 0 amide bonds. The summed E-state index contributed by atoms with van der Waals surface area (Å²) in [5, 5.41) is 4.83. The zero-order valence-electron chi connectivity index (χ0n) is 12.9. The minimum atomic E-state index is 1.13. The molecule has 1 fully saturated rings. The maximum absolute atomic E-state index is 3.41. The number of rotatable bonds is 3. The Bertz CT molecular complexity index is 606. The number of nitrogens with zero attached hydrogens (tertiary/aromatic N) is 2. The van der Waals surface area contributed by atoms with Crippen molar-refractivity contribution >= 4 is 10.9 Å². The summed E-state index contributed by atoms with van der Waals surface area (Å²) in [7, 11) is 2.16. The standard InChI is InChI=1S/C17H25N3/c1-13-14(2)19(3)17-5-4-15(12-16(13)17)6-9-20-10-7-18-8-11-20/h4-5,12,18H,6-11H2,1-3H3. The van der Waals surface area contributed by atoms with Gasteiger partial charge in [0.15, 0.2) is 0 Å². The third kappa shape index (κ3) is 2.48. The molecular formula is C17H25N3. The second-order valence-electron chi connectivity index (χ2n) is 5.96. The normalized spacial score (nSPS) is 16.9. The van der Waals surface area contributed by atoms with Gasteiger partial charge in [0.1, 0.15) is 0 Å². The van der Waals surface area contributed by atoms with Crippen LogP contribution in [0.5, 0.6) is 0 Å². The van der Waals surface area contributed by atoms with Gasteiger partial charge in [0.2, 0.25) is 0 Å². The molecule has 1 aromatic carbocycles. The van der Waals surface area contributed by atoms with Gasteiger partial charge in [0.25, 0.3) is 0 Å². The third-order valence-electron chi connectivity index (χ3n) is 4.80. The lowest BCUT2D eigenvalue weighted by atomic mass is 10.1. The molecule has 3 nitrogen and oxygen atoms in total. The molecule has 0 saturated carbocycles. The number of aryl methyl sites for hydroxylation is 2. The summed E-state index contributed by atoms with van der Waals surface area (Å²) < 4.78 is 2.30. The minimum Gasteiger partial charge on any atom is -0.348 e. The summed E-state index contributed by atoms with van der Waals surface area (Å²) in [5.41, 5.74) is 5.61. The van der Waals surface area contributed by atoms with Crippen LogP contribution in [0, 0.1) is 13.8 Å². The van der Waals surface area contributed by atoms with Crippen LogP contribution in [0.3, 0.4) is 0 Å². The zero-order chi connectivity index (χ0) is 14.1. The third-order valence-corrected chi connectivity index (χ3v) is 4.80. The van der Waals surface area contributed by atoms with Crippen molar-refractivity contribution in [3.63, 3.8) is 0 Å². The van der Waals surface area contributed by atoms with Crippen LogP contribution in [-0.4, -0.2) is 42.2 Å². The molecule has 1 N–H and O–H groups in total. The quantitative estimate of drug-likeness (QED) is 0.924. The highest BCUT2D eigenvalue weighted by Crippen LogP contribution is 2.25. The maximum Gasteiger partial charge on any atom is 0.0482 e. The van der Waals surface area contributed by atoms with Crippen molar-refractivity contribution in [2.24, 2.45) is 7.05 Å². The van der Waals surface area contributed by atoms with Crippen LogP contribution in [0.1, 0.15) is 16.8 Å². The Kier molecular flexibility index (Phi) is 3.81. The van der Waals surface area contributed by atoms with E-state index in [1.165, 1.54) is 47.4 Å². The van der Waals surface area contributed by atoms with Crippen LogP contribution >= 0.6 is 0 Å². The SMILES string of the molecule is Cc1c(C)n(C)c2ccc(CCN3CCNCC3)cc12. The van der Waals surface area contributed by atoms with Crippen LogP contribution in [0.2, 0.25) is 0 Å². The number of aromatic nitrogens is 1. The topological polar surface area (TPSA) is 20.2 Å². The largest absolute Gasteiger partial charge is 0.348 e. The van der Waals surface area contributed by atoms with Crippen molar-refractivity contribution in [1.82, 2.24) is 14.8 Å². The first-order valence-corrected chi connectivity index (χ1v) is 7.64. The van der Waals surface area contributed by atoms with Gasteiger partial charge in [0.05, 0.1) is 0 Å². The Labute approximate surface area is 121 Å². The number of benzene rings is 1. The van der Waals surface area contributed by atoms with Crippen molar-refractivity contribution in [3.8, 4) is 0 Å². The predicted octanol–water partition coefficient (Wildman–Crippen LogP) is 2.24. The van der Waals surface area contributed by atoms with Gasteiger partial charge in [-0.05, 0) is 43.5 Å². The monoisotopic (exact) mass is 271 g/mol. The minimum absolute atomic E-state index is 1.13. The molecule has 0 unspecified atom stereocenters. The molecule has 2 heterocycles. The molecule has 20 heavy (non-hydrogen) atoms. The van der Waals surface area contributed by atoms with Crippen molar-refractivity contribution in [2.75, 3.05) is 32.7 Å². The molecule has 0 bridgehead atoms. The van der Waals surface area contributed by atoms with E-state index in [0.717, 1.165) is 19.5 Å². The van der Waals surface area contributed by atoms with Crippen molar-refractivity contribution in [3.05, 3.63) is 35.0 Å². The number of fused-ring (bicyclic) bond motifs is 1. The Hall–Kier alpha value is -1.32. The van der Waals surface area contributed by atoms with Gasteiger partial charge in [-0.1, -0.05) is 6.07 Å². The van der Waals surface area contributed by atoms with Crippen molar-refractivity contribution < 1.29 is 0 Å². The average Bonchev–Trinajstić information content (AvgIpc) is 2.71. The molecule has 108 valence electrons. The first-order valence-electron chi connectivity index (χ1n) is 7.64. The maximum atomic E-state index is 3.41. The van der Waals surface area contributed by atoms with Gasteiger partial charge in [-0.3, -0.25) is 0 Å². The van der Waals surface area contributed by atoms with E-state index in [4.69, 9.17) is 0 Å².